The molecule has 0 spiro atoms. The van der Waals surface area contributed by atoms with Gasteiger partial charge < -0.3 is 4.42 Å². The summed E-state index contributed by atoms with van der Waals surface area (Å²) in [6.07, 6.45) is 1.58. The van der Waals surface area contributed by atoms with Gasteiger partial charge in [0.05, 0.1) is 11.2 Å². The monoisotopic (exact) mass is 334 g/mol. The second-order valence-corrected chi connectivity index (χ2v) is 7.46. The molecule has 0 aliphatic rings. The Labute approximate surface area is 131 Å². The number of fused-ring (bicyclic) bond motifs is 2. The van der Waals surface area contributed by atoms with Crippen molar-refractivity contribution in [3.8, 4) is 0 Å². The lowest BCUT2D eigenvalue weighted by molar-refractivity contribution is 0.608. The lowest BCUT2D eigenvalue weighted by atomic mass is 10.2. The fourth-order valence-electron chi connectivity index (χ4n) is 2.12. The molecule has 0 N–H and O–H groups in total. The van der Waals surface area contributed by atoms with E-state index in [4.69, 9.17) is 15.1 Å². The standard InChI is InChI=1S/C9H7ClO3S.C7H4O/c1-6-5-13-9-3-2-7(4-8(6)9)14(10,11)12;8-7-5-3-1-2-4-6(5)7/h2-5H,1H3;1-4H. The third kappa shape index (κ3) is 2.77. The van der Waals surface area contributed by atoms with Crippen molar-refractivity contribution in [2.24, 2.45) is 0 Å². The molecule has 4 nitrogen and oxygen atoms in total. The van der Waals surface area contributed by atoms with E-state index in [2.05, 4.69) is 0 Å². The summed E-state index contributed by atoms with van der Waals surface area (Å²) < 4.78 is 27.3. The Bertz CT molecular complexity index is 1050. The van der Waals surface area contributed by atoms with Crippen molar-refractivity contribution in [2.75, 3.05) is 0 Å². The van der Waals surface area contributed by atoms with Crippen LogP contribution in [0, 0.1) is 6.92 Å². The van der Waals surface area contributed by atoms with Gasteiger partial charge in [0.25, 0.3) is 9.05 Å². The van der Waals surface area contributed by atoms with Gasteiger partial charge in [0.2, 0.25) is 0 Å². The minimum atomic E-state index is -3.66. The van der Waals surface area contributed by atoms with E-state index in [0.29, 0.717) is 5.58 Å². The highest BCUT2D eigenvalue weighted by molar-refractivity contribution is 8.13. The molecular formula is C16H11ClO4S. The molecule has 3 aromatic carbocycles. The van der Waals surface area contributed by atoms with Gasteiger partial charge in [-0.05, 0) is 30.7 Å². The minimum Gasteiger partial charge on any atom is -0.464 e. The highest BCUT2D eigenvalue weighted by Gasteiger charge is 2.12. The van der Waals surface area contributed by atoms with Crippen LogP contribution in [-0.2, 0) is 9.05 Å². The van der Waals surface area contributed by atoms with Crippen LogP contribution in [0.2, 0.25) is 0 Å². The molecule has 0 unspecified atom stereocenters. The largest absolute Gasteiger partial charge is 0.464 e. The molecule has 6 heteroatoms. The second kappa shape index (κ2) is 5.26. The van der Waals surface area contributed by atoms with Crippen molar-refractivity contribution in [3.05, 3.63) is 64.5 Å². The van der Waals surface area contributed by atoms with E-state index in [9.17, 15) is 13.2 Å². The zero-order chi connectivity index (χ0) is 15.9. The SMILES string of the molecule is Cc1coc2ccc(S(=O)(=O)Cl)cc12.O=c1c2ccccc12. The van der Waals surface area contributed by atoms with E-state index in [1.54, 1.807) is 12.3 Å². The van der Waals surface area contributed by atoms with Crippen LogP contribution in [-0.4, -0.2) is 8.42 Å². The van der Waals surface area contributed by atoms with E-state index >= 15 is 0 Å². The first kappa shape index (κ1) is 14.8. The Morgan fingerprint density at radius 1 is 1.00 bits per heavy atom. The predicted octanol–water partition coefficient (Wildman–Crippen LogP) is 3.74. The summed E-state index contributed by atoms with van der Waals surface area (Å²) in [6.45, 7) is 1.84. The third-order valence-corrected chi connectivity index (χ3v) is 4.73. The van der Waals surface area contributed by atoms with Crippen molar-refractivity contribution in [3.63, 3.8) is 0 Å². The van der Waals surface area contributed by atoms with Gasteiger partial charge in [-0.15, -0.1) is 0 Å². The first-order chi connectivity index (χ1) is 10.4. The van der Waals surface area contributed by atoms with E-state index in [1.165, 1.54) is 12.1 Å². The maximum atomic E-state index is 11.0. The third-order valence-electron chi connectivity index (χ3n) is 3.37. The summed E-state index contributed by atoms with van der Waals surface area (Å²) >= 11 is 0. The number of furan rings is 1. The van der Waals surface area contributed by atoms with Crippen LogP contribution in [0.3, 0.4) is 0 Å². The van der Waals surface area contributed by atoms with Gasteiger partial charge in [0.1, 0.15) is 5.58 Å². The zero-order valence-electron chi connectivity index (χ0n) is 11.5. The van der Waals surface area contributed by atoms with Crippen LogP contribution in [0.15, 0.2) is 62.8 Å². The molecule has 0 aliphatic heterocycles. The van der Waals surface area contributed by atoms with Crippen molar-refractivity contribution >= 4 is 41.5 Å². The Morgan fingerprint density at radius 3 is 2.18 bits per heavy atom. The molecule has 0 saturated carbocycles. The molecule has 1 heterocycles. The lowest BCUT2D eigenvalue weighted by Crippen LogP contribution is -1.89. The molecule has 4 aromatic rings. The molecule has 0 fully saturated rings. The summed E-state index contributed by atoms with van der Waals surface area (Å²) in [7, 11) is 1.56. The topological polar surface area (TPSA) is 64.3 Å². The van der Waals surface area contributed by atoms with Gasteiger partial charge in [-0.3, -0.25) is 4.79 Å². The molecule has 112 valence electrons. The summed E-state index contributed by atoms with van der Waals surface area (Å²) in [4.78, 5) is 10.6. The van der Waals surface area contributed by atoms with Crippen molar-refractivity contribution in [2.45, 2.75) is 11.8 Å². The number of benzene rings is 2. The molecule has 0 bridgehead atoms. The van der Waals surface area contributed by atoms with Crippen molar-refractivity contribution in [1.29, 1.82) is 0 Å². The maximum absolute atomic E-state index is 11.0. The molecule has 0 aliphatic carbocycles. The van der Waals surface area contributed by atoms with Gasteiger partial charge in [-0.2, -0.15) is 0 Å². The lowest BCUT2D eigenvalue weighted by Gasteiger charge is -1.95. The van der Waals surface area contributed by atoms with E-state index in [0.717, 1.165) is 21.7 Å². The summed E-state index contributed by atoms with van der Waals surface area (Å²) in [5.41, 5.74) is 1.77. The summed E-state index contributed by atoms with van der Waals surface area (Å²) in [5, 5.41) is 2.56. The van der Waals surface area contributed by atoms with Crippen LogP contribution in [0.4, 0.5) is 0 Å². The molecule has 0 saturated heterocycles. The van der Waals surface area contributed by atoms with Crippen LogP contribution in [0.25, 0.3) is 21.7 Å². The molecule has 4 rings (SSSR count). The molecule has 0 amide bonds. The van der Waals surface area contributed by atoms with E-state index < -0.39 is 9.05 Å². The fraction of sp³-hybridized carbons (Fsp3) is 0.0625. The number of hydrogen-bond donors (Lipinski definition) is 0. The molecule has 1 aromatic heterocycles. The number of aryl methyl sites for hydroxylation is 1. The molecule has 0 radical (unpaired) electrons. The van der Waals surface area contributed by atoms with Crippen molar-refractivity contribution in [1.82, 2.24) is 0 Å². The second-order valence-electron chi connectivity index (χ2n) is 4.89. The number of rotatable bonds is 1. The van der Waals surface area contributed by atoms with E-state index in [1.807, 2.05) is 31.2 Å². The van der Waals surface area contributed by atoms with Crippen molar-refractivity contribution < 1.29 is 12.8 Å². The van der Waals surface area contributed by atoms with Crippen LogP contribution in [0.5, 0.6) is 0 Å². The Morgan fingerprint density at radius 2 is 1.64 bits per heavy atom. The van der Waals surface area contributed by atoms with Gasteiger partial charge in [-0.25, -0.2) is 8.42 Å². The van der Waals surface area contributed by atoms with Gasteiger partial charge in [0, 0.05) is 26.8 Å². The average Bonchev–Trinajstić information content (AvgIpc) is 3.00. The zero-order valence-corrected chi connectivity index (χ0v) is 13.1. The molecular weight excluding hydrogens is 324 g/mol. The minimum absolute atomic E-state index is 0.0937. The Kier molecular flexibility index (Phi) is 3.54. The first-order valence-corrected chi connectivity index (χ1v) is 8.75. The van der Waals surface area contributed by atoms with Gasteiger partial charge in [0.15, 0.2) is 5.43 Å². The highest BCUT2D eigenvalue weighted by Crippen LogP contribution is 2.25. The van der Waals surface area contributed by atoms with E-state index in [-0.39, 0.29) is 10.3 Å². The number of hydrogen-bond acceptors (Lipinski definition) is 4. The normalized spacial score (nSPS) is 11.7. The number of halogens is 1. The average molecular weight is 335 g/mol. The highest BCUT2D eigenvalue weighted by atomic mass is 35.7. The van der Waals surface area contributed by atoms with Crippen LogP contribution >= 0.6 is 10.7 Å². The maximum Gasteiger partial charge on any atom is 0.261 e. The molecule has 0 atom stereocenters. The fourth-order valence-corrected chi connectivity index (χ4v) is 2.90. The quantitative estimate of drug-likeness (QED) is 0.497. The van der Waals surface area contributed by atoms with Crippen LogP contribution < -0.4 is 5.43 Å². The van der Waals surface area contributed by atoms with Crippen LogP contribution in [0.1, 0.15) is 5.56 Å². The summed E-state index contributed by atoms with van der Waals surface area (Å²) in [6, 6.07) is 12.0. The predicted molar refractivity (Wildman–Crippen MR) is 86.6 cm³/mol. The van der Waals surface area contributed by atoms with Gasteiger partial charge >= 0.3 is 0 Å². The Balaban J connectivity index is 0.000000151. The molecule has 22 heavy (non-hydrogen) atoms. The van der Waals surface area contributed by atoms with Gasteiger partial charge in [-0.1, -0.05) is 24.3 Å². The smallest absolute Gasteiger partial charge is 0.261 e. The first-order valence-electron chi connectivity index (χ1n) is 6.44. The summed E-state index contributed by atoms with van der Waals surface area (Å²) in [5.74, 6) is 0. The Hall–Kier alpha value is -2.11.